The van der Waals surface area contributed by atoms with Gasteiger partial charge in [-0.2, -0.15) is 0 Å². The molecule has 3 rings (SSSR count). The molecule has 1 aromatic heterocycles. The van der Waals surface area contributed by atoms with Crippen LogP contribution in [0.3, 0.4) is 0 Å². The van der Waals surface area contributed by atoms with E-state index in [1.807, 2.05) is 19.1 Å². The Balaban J connectivity index is 0.00000341. The third-order valence-electron chi connectivity index (χ3n) is 4.83. The molecule has 0 spiro atoms. The molecule has 9 heteroatoms. The van der Waals surface area contributed by atoms with Crippen molar-refractivity contribution < 1.29 is 13.5 Å². The Labute approximate surface area is 199 Å². The molecule has 1 fully saturated rings. The van der Waals surface area contributed by atoms with Crippen LogP contribution in [0.25, 0.3) is 0 Å². The van der Waals surface area contributed by atoms with Gasteiger partial charge in [0.2, 0.25) is 0 Å². The van der Waals surface area contributed by atoms with Crippen molar-refractivity contribution in [1.29, 1.82) is 0 Å². The van der Waals surface area contributed by atoms with Crippen LogP contribution < -0.4 is 15.5 Å². The van der Waals surface area contributed by atoms with Crippen LogP contribution in [0.2, 0.25) is 0 Å². The summed E-state index contributed by atoms with van der Waals surface area (Å²) in [6, 6.07) is 7.50. The van der Waals surface area contributed by atoms with Gasteiger partial charge >= 0.3 is 0 Å². The zero-order valence-electron chi connectivity index (χ0n) is 17.9. The number of hydrogen-bond acceptors (Lipinski definition) is 4. The number of aromatic nitrogens is 1. The van der Waals surface area contributed by atoms with Crippen LogP contribution in [0.1, 0.15) is 25.0 Å². The topological polar surface area (TPSA) is 61.8 Å². The first kappa shape index (κ1) is 25.3. The fourth-order valence-electron chi connectivity index (χ4n) is 3.32. The number of hydrogen-bond donors (Lipinski definition) is 2. The van der Waals surface area contributed by atoms with Gasteiger partial charge < -0.3 is 20.3 Å². The summed E-state index contributed by atoms with van der Waals surface area (Å²) in [6.07, 6.45) is 2.35. The molecule has 6 nitrogen and oxygen atoms in total. The summed E-state index contributed by atoms with van der Waals surface area (Å²) < 4.78 is 32.7. The highest BCUT2D eigenvalue weighted by atomic mass is 127. The van der Waals surface area contributed by atoms with E-state index >= 15 is 0 Å². The normalized spacial score (nSPS) is 16.6. The van der Waals surface area contributed by atoms with Crippen molar-refractivity contribution in [3.05, 3.63) is 59.3 Å². The highest BCUT2D eigenvalue weighted by Crippen LogP contribution is 2.17. The molecule has 1 aromatic carbocycles. The van der Waals surface area contributed by atoms with Crippen LogP contribution in [0.4, 0.5) is 14.6 Å². The number of pyridine rings is 1. The number of nitrogens with one attached hydrogen (secondary N) is 2. The zero-order chi connectivity index (χ0) is 21.3. The van der Waals surface area contributed by atoms with Crippen molar-refractivity contribution in [2.45, 2.75) is 32.9 Å². The quantitative estimate of drug-likeness (QED) is 0.317. The van der Waals surface area contributed by atoms with Crippen molar-refractivity contribution in [2.24, 2.45) is 4.99 Å². The standard InChI is InChI=1S/C22H29F2N5O.HI/c1-3-25-22(27-9-7-18-13-19(23)4-5-20(18)24)28-14-17-6-8-26-21(12-17)29-10-11-30-16(2)15-29;/h4-6,8,12-13,16H,3,7,9-11,14-15H2,1-2H3,(H2,25,27,28);1H. The van der Waals surface area contributed by atoms with Gasteiger partial charge in [-0.3, -0.25) is 0 Å². The minimum Gasteiger partial charge on any atom is -0.375 e. The van der Waals surface area contributed by atoms with Crippen molar-refractivity contribution in [3.63, 3.8) is 0 Å². The Morgan fingerprint density at radius 1 is 1.26 bits per heavy atom. The number of aliphatic imine (C=N–C) groups is 1. The lowest BCUT2D eigenvalue weighted by Gasteiger charge is -2.32. The van der Waals surface area contributed by atoms with Crippen LogP contribution in [0.5, 0.6) is 0 Å². The lowest BCUT2D eigenvalue weighted by atomic mass is 10.1. The highest BCUT2D eigenvalue weighted by Gasteiger charge is 2.18. The molecule has 1 aliphatic rings. The molecule has 1 aliphatic heterocycles. The van der Waals surface area contributed by atoms with Gasteiger partial charge in [-0.1, -0.05) is 0 Å². The molecule has 0 radical (unpaired) electrons. The van der Waals surface area contributed by atoms with Gasteiger partial charge in [-0.15, -0.1) is 24.0 Å². The summed E-state index contributed by atoms with van der Waals surface area (Å²) in [7, 11) is 0. The highest BCUT2D eigenvalue weighted by molar-refractivity contribution is 14.0. The van der Waals surface area contributed by atoms with E-state index in [1.54, 1.807) is 6.20 Å². The van der Waals surface area contributed by atoms with E-state index in [0.29, 0.717) is 44.2 Å². The third-order valence-corrected chi connectivity index (χ3v) is 4.83. The smallest absolute Gasteiger partial charge is 0.191 e. The van der Waals surface area contributed by atoms with E-state index in [9.17, 15) is 8.78 Å². The van der Waals surface area contributed by atoms with E-state index in [0.717, 1.165) is 36.6 Å². The Kier molecular flexibility index (Phi) is 10.4. The predicted octanol–water partition coefficient (Wildman–Crippen LogP) is 3.50. The molecule has 1 atom stereocenters. The number of nitrogens with zero attached hydrogens (tertiary/aromatic N) is 3. The van der Waals surface area contributed by atoms with E-state index in [2.05, 4.69) is 32.4 Å². The van der Waals surface area contributed by atoms with Crippen molar-refractivity contribution >= 4 is 35.8 Å². The van der Waals surface area contributed by atoms with Gasteiger partial charge in [0.25, 0.3) is 0 Å². The first-order valence-electron chi connectivity index (χ1n) is 10.3. The molecule has 2 N–H and O–H groups in total. The van der Waals surface area contributed by atoms with Crippen LogP contribution in [-0.4, -0.2) is 49.8 Å². The number of guanidine groups is 1. The number of morpholine rings is 1. The minimum absolute atomic E-state index is 0. The van der Waals surface area contributed by atoms with Gasteiger partial charge in [0.1, 0.15) is 17.5 Å². The van der Waals surface area contributed by atoms with Gasteiger partial charge in [0.15, 0.2) is 5.96 Å². The Hall–Kier alpha value is -2.01. The molecule has 1 unspecified atom stereocenters. The van der Waals surface area contributed by atoms with Gasteiger partial charge in [0, 0.05) is 32.4 Å². The molecule has 2 aromatic rings. The summed E-state index contributed by atoms with van der Waals surface area (Å²) in [6.45, 7) is 8.01. The second kappa shape index (κ2) is 12.7. The summed E-state index contributed by atoms with van der Waals surface area (Å²) in [5, 5.41) is 6.35. The Morgan fingerprint density at radius 2 is 2.10 bits per heavy atom. The summed E-state index contributed by atoms with van der Waals surface area (Å²) in [5.41, 5.74) is 1.39. The van der Waals surface area contributed by atoms with E-state index in [1.165, 1.54) is 6.07 Å². The maximum Gasteiger partial charge on any atom is 0.191 e. The summed E-state index contributed by atoms with van der Waals surface area (Å²) in [4.78, 5) is 11.3. The molecule has 0 bridgehead atoms. The number of rotatable bonds is 7. The minimum atomic E-state index is -0.435. The fourth-order valence-corrected chi connectivity index (χ4v) is 3.32. The molecule has 0 saturated carbocycles. The lowest BCUT2D eigenvalue weighted by molar-refractivity contribution is 0.0529. The number of anilines is 1. The monoisotopic (exact) mass is 545 g/mol. The molecule has 2 heterocycles. The molecule has 0 aliphatic carbocycles. The molecule has 31 heavy (non-hydrogen) atoms. The maximum atomic E-state index is 13.8. The predicted molar refractivity (Wildman–Crippen MR) is 130 cm³/mol. The third kappa shape index (κ3) is 7.88. The van der Waals surface area contributed by atoms with Crippen molar-refractivity contribution in [3.8, 4) is 0 Å². The van der Waals surface area contributed by atoms with Gasteiger partial charge in [-0.25, -0.2) is 18.8 Å². The first-order valence-corrected chi connectivity index (χ1v) is 10.3. The zero-order valence-corrected chi connectivity index (χ0v) is 20.2. The Morgan fingerprint density at radius 3 is 2.87 bits per heavy atom. The van der Waals surface area contributed by atoms with Gasteiger partial charge in [-0.05, 0) is 61.7 Å². The largest absolute Gasteiger partial charge is 0.375 e. The van der Waals surface area contributed by atoms with Crippen molar-refractivity contribution in [2.75, 3.05) is 37.7 Å². The van der Waals surface area contributed by atoms with Crippen LogP contribution in [0.15, 0.2) is 41.5 Å². The maximum absolute atomic E-state index is 13.8. The fraction of sp³-hybridized carbons (Fsp3) is 0.455. The van der Waals surface area contributed by atoms with Crippen molar-refractivity contribution in [1.82, 2.24) is 15.6 Å². The molecular weight excluding hydrogens is 515 g/mol. The van der Waals surface area contributed by atoms with E-state index in [4.69, 9.17) is 4.74 Å². The van der Waals surface area contributed by atoms with Crippen LogP contribution in [0, 0.1) is 11.6 Å². The molecule has 1 saturated heterocycles. The molecule has 170 valence electrons. The lowest BCUT2D eigenvalue weighted by Crippen LogP contribution is -2.41. The summed E-state index contributed by atoms with van der Waals surface area (Å²) >= 11 is 0. The average Bonchev–Trinajstić information content (AvgIpc) is 2.74. The molecular formula is C22H30F2IN5O. The number of benzene rings is 1. The van der Waals surface area contributed by atoms with E-state index in [-0.39, 0.29) is 30.1 Å². The second-order valence-electron chi connectivity index (χ2n) is 7.26. The molecule has 0 amide bonds. The second-order valence-corrected chi connectivity index (χ2v) is 7.26. The van der Waals surface area contributed by atoms with E-state index < -0.39 is 11.6 Å². The average molecular weight is 545 g/mol. The van der Waals surface area contributed by atoms with Gasteiger partial charge in [0.05, 0.1) is 19.3 Å². The number of ether oxygens (including phenoxy) is 1. The number of halogens is 3. The van der Waals surface area contributed by atoms with Crippen LogP contribution in [-0.2, 0) is 17.7 Å². The SMILES string of the molecule is CCNC(=NCc1ccnc(N2CCOC(C)C2)c1)NCCc1cc(F)ccc1F.I. The summed E-state index contributed by atoms with van der Waals surface area (Å²) in [5.74, 6) is 0.724. The Bertz CT molecular complexity index is 868. The van der Waals surface area contributed by atoms with Crippen LogP contribution >= 0.6 is 24.0 Å². The first-order chi connectivity index (χ1) is 14.5.